The number of nitriles is 1. The van der Waals surface area contributed by atoms with Crippen LogP contribution < -0.4 is 0 Å². The Kier molecular flexibility index (Phi) is 3.56. The summed E-state index contributed by atoms with van der Waals surface area (Å²) in [5, 5.41) is 23.3. The van der Waals surface area contributed by atoms with Crippen molar-refractivity contribution < 1.29 is 4.92 Å². The van der Waals surface area contributed by atoms with Crippen LogP contribution in [0.1, 0.15) is 12.0 Å². The van der Waals surface area contributed by atoms with Crippen LogP contribution in [0.2, 0.25) is 0 Å². The molecule has 1 aromatic heterocycles. The van der Waals surface area contributed by atoms with Gasteiger partial charge >= 0.3 is 0 Å². The standard InChI is InChI=1S/C13H8N4O2/c14-8-4-3-5-11-9-15-16(10-11)12-6-1-2-7-13(12)17(18)19/h1-2,6-7,9-10H,4H2. The van der Waals surface area contributed by atoms with Crippen LogP contribution in [-0.2, 0) is 0 Å². The Morgan fingerprint density at radius 3 is 2.95 bits per heavy atom. The van der Waals surface area contributed by atoms with Crippen LogP contribution in [-0.4, -0.2) is 14.7 Å². The molecule has 0 N–H and O–H groups in total. The third-order valence-corrected chi connectivity index (χ3v) is 2.31. The van der Waals surface area contributed by atoms with E-state index in [-0.39, 0.29) is 12.1 Å². The fourth-order valence-electron chi connectivity index (χ4n) is 1.52. The van der Waals surface area contributed by atoms with E-state index in [1.165, 1.54) is 16.9 Å². The molecule has 0 aliphatic carbocycles. The Bertz CT molecular complexity index is 716. The first-order valence-electron chi connectivity index (χ1n) is 5.36. The summed E-state index contributed by atoms with van der Waals surface area (Å²) in [4.78, 5) is 10.5. The van der Waals surface area contributed by atoms with Gasteiger partial charge in [-0.2, -0.15) is 10.4 Å². The molecule has 6 heteroatoms. The van der Waals surface area contributed by atoms with E-state index in [4.69, 9.17) is 5.26 Å². The van der Waals surface area contributed by atoms with Crippen LogP contribution in [0.5, 0.6) is 0 Å². The molecule has 2 aromatic rings. The van der Waals surface area contributed by atoms with E-state index < -0.39 is 4.92 Å². The molecule has 0 atom stereocenters. The van der Waals surface area contributed by atoms with Gasteiger partial charge in [0, 0.05) is 12.3 Å². The maximum Gasteiger partial charge on any atom is 0.294 e. The predicted octanol–water partition coefficient (Wildman–Crippen LogP) is 2.05. The summed E-state index contributed by atoms with van der Waals surface area (Å²) in [7, 11) is 0. The third kappa shape index (κ3) is 2.76. The SMILES string of the molecule is N#CCC#Cc1cnn(-c2ccccc2[N+](=O)[O-])c1. The first kappa shape index (κ1) is 12.3. The molecule has 6 nitrogen and oxygen atoms in total. The summed E-state index contributed by atoms with van der Waals surface area (Å²) in [6, 6.07) is 8.23. The van der Waals surface area contributed by atoms with Crippen molar-refractivity contribution in [2.75, 3.05) is 0 Å². The molecule has 92 valence electrons. The molecule has 2 rings (SSSR count). The van der Waals surface area contributed by atoms with Crippen molar-refractivity contribution >= 4 is 5.69 Å². The van der Waals surface area contributed by atoms with Gasteiger partial charge in [-0.3, -0.25) is 10.1 Å². The molecule has 0 aliphatic rings. The molecule has 0 bridgehead atoms. The van der Waals surface area contributed by atoms with Crippen molar-refractivity contribution in [3.63, 3.8) is 0 Å². The summed E-state index contributed by atoms with van der Waals surface area (Å²) >= 11 is 0. The number of benzene rings is 1. The molecule has 1 heterocycles. The second-order valence-electron chi connectivity index (χ2n) is 3.56. The van der Waals surface area contributed by atoms with E-state index in [9.17, 15) is 10.1 Å². The van der Waals surface area contributed by atoms with Crippen molar-refractivity contribution in [1.82, 2.24) is 9.78 Å². The quantitative estimate of drug-likeness (QED) is 0.465. The lowest BCUT2D eigenvalue weighted by Gasteiger charge is -2.01. The van der Waals surface area contributed by atoms with Crippen molar-refractivity contribution in [2.24, 2.45) is 0 Å². The van der Waals surface area contributed by atoms with Gasteiger partial charge in [-0.25, -0.2) is 4.68 Å². The first-order valence-corrected chi connectivity index (χ1v) is 5.36. The fraction of sp³-hybridized carbons (Fsp3) is 0.0769. The monoisotopic (exact) mass is 252 g/mol. The van der Waals surface area contributed by atoms with Crippen molar-refractivity contribution in [3.8, 4) is 23.6 Å². The maximum atomic E-state index is 10.9. The fourth-order valence-corrected chi connectivity index (χ4v) is 1.52. The van der Waals surface area contributed by atoms with Gasteiger partial charge in [0.15, 0.2) is 0 Å². The van der Waals surface area contributed by atoms with Crippen LogP contribution in [0.25, 0.3) is 5.69 Å². The zero-order valence-corrected chi connectivity index (χ0v) is 9.78. The molecular weight excluding hydrogens is 244 g/mol. The van der Waals surface area contributed by atoms with Gasteiger partial charge in [0.2, 0.25) is 0 Å². The second kappa shape index (κ2) is 5.48. The second-order valence-corrected chi connectivity index (χ2v) is 3.56. The lowest BCUT2D eigenvalue weighted by atomic mass is 10.2. The van der Waals surface area contributed by atoms with E-state index >= 15 is 0 Å². The van der Waals surface area contributed by atoms with E-state index in [1.807, 2.05) is 6.07 Å². The first-order chi connectivity index (χ1) is 9.22. The van der Waals surface area contributed by atoms with Crippen molar-refractivity contribution in [1.29, 1.82) is 5.26 Å². The number of hydrogen-bond acceptors (Lipinski definition) is 4. The lowest BCUT2D eigenvalue weighted by Crippen LogP contribution is -1.99. The summed E-state index contributed by atoms with van der Waals surface area (Å²) < 4.78 is 1.40. The molecule has 0 saturated heterocycles. The van der Waals surface area contributed by atoms with Crippen LogP contribution in [0, 0.1) is 33.3 Å². The molecule has 19 heavy (non-hydrogen) atoms. The van der Waals surface area contributed by atoms with Gasteiger partial charge in [0.25, 0.3) is 5.69 Å². The molecule has 0 aliphatic heterocycles. The van der Waals surface area contributed by atoms with Crippen molar-refractivity contribution in [3.05, 3.63) is 52.3 Å². The minimum absolute atomic E-state index is 0.0258. The normalized spacial score (nSPS) is 9.21. The minimum Gasteiger partial charge on any atom is -0.258 e. The highest BCUT2D eigenvalue weighted by molar-refractivity contribution is 5.52. The zero-order chi connectivity index (χ0) is 13.7. The van der Waals surface area contributed by atoms with Gasteiger partial charge in [0.1, 0.15) is 5.69 Å². The summed E-state index contributed by atoms with van der Waals surface area (Å²) in [6.45, 7) is 0. The number of para-hydroxylation sites is 2. The number of nitro groups is 1. The van der Waals surface area contributed by atoms with E-state index in [0.29, 0.717) is 11.3 Å². The van der Waals surface area contributed by atoms with Crippen LogP contribution in [0.3, 0.4) is 0 Å². The Balaban J connectivity index is 2.37. The molecule has 0 unspecified atom stereocenters. The maximum absolute atomic E-state index is 10.9. The third-order valence-electron chi connectivity index (χ3n) is 2.31. The molecule has 0 saturated carbocycles. The summed E-state index contributed by atoms with van der Waals surface area (Å²) in [6.07, 6.45) is 3.23. The Morgan fingerprint density at radius 2 is 2.21 bits per heavy atom. The smallest absolute Gasteiger partial charge is 0.258 e. The molecule has 0 radical (unpaired) electrons. The number of hydrogen-bond donors (Lipinski definition) is 0. The number of rotatable bonds is 2. The lowest BCUT2D eigenvalue weighted by molar-refractivity contribution is -0.384. The Morgan fingerprint density at radius 1 is 1.42 bits per heavy atom. The van der Waals surface area contributed by atoms with Gasteiger partial charge < -0.3 is 0 Å². The molecule has 0 fully saturated rings. The molecule has 0 spiro atoms. The Labute approximate surface area is 109 Å². The molecule has 1 aromatic carbocycles. The van der Waals surface area contributed by atoms with Crippen molar-refractivity contribution in [2.45, 2.75) is 6.42 Å². The highest BCUT2D eigenvalue weighted by Crippen LogP contribution is 2.21. The Hall–Kier alpha value is -3.12. The van der Waals surface area contributed by atoms with E-state index in [2.05, 4.69) is 16.9 Å². The van der Waals surface area contributed by atoms with Gasteiger partial charge in [0.05, 0.1) is 29.2 Å². The van der Waals surface area contributed by atoms with E-state index in [1.54, 1.807) is 24.4 Å². The van der Waals surface area contributed by atoms with Crippen LogP contribution >= 0.6 is 0 Å². The molecule has 0 amide bonds. The molecular formula is C13H8N4O2. The summed E-state index contributed by atoms with van der Waals surface area (Å²) in [5.74, 6) is 5.41. The zero-order valence-electron chi connectivity index (χ0n) is 9.78. The topological polar surface area (TPSA) is 84.8 Å². The number of nitrogens with zero attached hydrogens (tertiary/aromatic N) is 4. The van der Waals surface area contributed by atoms with Gasteiger partial charge in [-0.1, -0.05) is 24.0 Å². The van der Waals surface area contributed by atoms with Crippen LogP contribution in [0.4, 0.5) is 5.69 Å². The van der Waals surface area contributed by atoms with Gasteiger partial charge in [-0.15, -0.1) is 0 Å². The minimum atomic E-state index is -0.460. The largest absolute Gasteiger partial charge is 0.294 e. The predicted molar refractivity (Wildman–Crippen MR) is 67.3 cm³/mol. The van der Waals surface area contributed by atoms with Gasteiger partial charge in [-0.05, 0) is 6.07 Å². The highest BCUT2D eigenvalue weighted by Gasteiger charge is 2.14. The summed E-state index contributed by atoms with van der Waals surface area (Å²) in [5.41, 5.74) is 0.955. The van der Waals surface area contributed by atoms with Crippen LogP contribution in [0.15, 0.2) is 36.7 Å². The average molecular weight is 252 g/mol. The number of aromatic nitrogens is 2. The average Bonchev–Trinajstić information content (AvgIpc) is 2.88. The van der Waals surface area contributed by atoms with E-state index in [0.717, 1.165) is 0 Å². The number of nitro benzene ring substituents is 1. The highest BCUT2D eigenvalue weighted by atomic mass is 16.6.